The van der Waals surface area contributed by atoms with E-state index in [4.69, 9.17) is 27.9 Å². The Morgan fingerprint density at radius 2 is 1.73 bits per heavy atom. The minimum Gasteiger partial charge on any atom is -0.465 e. The molecule has 2 amide bonds. The highest BCUT2D eigenvalue weighted by Gasteiger charge is 2.40. The normalized spacial score (nSPS) is 19.8. The fourth-order valence-electron chi connectivity index (χ4n) is 3.35. The number of ether oxygens (including phenoxy) is 1. The third kappa shape index (κ3) is 5.75. The lowest BCUT2D eigenvalue weighted by Crippen LogP contribution is -2.79. The highest BCUT2D eigenvalue weighted by molar-refractivity contribution is 6.30. The first-order chi connectivity index (χ1) is 14.5. The van der Waals surface area contributed by atoms with E-state index in [0.717, 1.165) is 24.1 Å². The van der Waals surface area contributed by atoms with Crippen molar-refractivity contribution in [1.29, 1.82) is 0 Å². The molecule has 0 saturated carbocycles. The van der Waals surface area contributed by atoms with Gasteiger partial charge in [-0.3, -0.25) is 4.79 Å². The van der Waals surface area contributed by atoms with E-state index in [1.807, 2.05) is 29.6 Å². The number of benzene rings is 2. The number of urea groups is 1. The monoisotopic (exact) mass is 448 g/mol. The highest BCUT2D eigenvalue weighted by Crippen LogP contribution is 2.31. The Balaban J connectivity index is 1.77. The SMILES string of the molecule is CCOC(=O)[C@H]1/C(=C\[NH2+]CCc2ccc(Cl)cc2)NC(=O)N[C@H]1c1ccc(Cl)cc1. The molecule has 0 bridgehead atoms. The highest BCUT2D eigenvalue weighted by atomic mass is 35.5. The first kappa shape index (κ1) is 22.2. The standard InChI is InChI=1S/C22H23Cl2N3O3/c1-2-30-21(28)19-18(13-25-12-11-14-3-7-16(23)8-4-14)26-22(29)27-20(19)15-5-9-17(24)10-6-15/h3-10,13,19-20,25H,2,11-12H2,1H3,(H2,26,27,29)/p+1/b18-13+/t19-,20-/m0/s1. The summed E-state index contributed by atoms with van der Waals surface area (Å²) in [6, 6.07) is 13.8. The lowest BCUT2D eigenvalue weighted by Gasteiger charge is -2.33. The van der Waals surface area contributed by atoms with Gasteiger partial charge in [0.15, 0.2) is 0 Å². The van der Waals surface area contributed by atoms with Gasteiger partial charge >= 0.3 is 12.0 Å². The molecule has 0 aromatic heterocycles. The fraction of sp³-hybridized carbons (Fsp3) is 0.273. The third-order valence-corrected chi connectivity index (χ3v) is 5.30. The van der Waals surface area contributed by atoms with Gasteiger partial charge in [-0.2, -0.15) is 0 Å². The summed E-state index contributed by atoms with van der Waals surface area (Å²) >= 11 is 11.9. The number of carbonyl (C=O) groups is 2. The van der Waals surface area contributed by atoms with E-state index < -0.39 is 17.9 Å². The molecule has 6 nitrogen and oxygen atoms in total. The molecular weight excluding hydrogens is 425 g/mol. The van der Waals surface area contributed by atoms with Crippen LogP contribution >= 0.6 is 23.2 Å². The molecule has 2 atom stereocenters. The summed E-state index contributed by atoms with van der Waals surface area (Å²) in [5.74, 6) is -1.09. The molecule has 0 unspecified atom stereocenters. The van der Waals surface area contributed by atoms with Crippen LogP contribution in [-0.4, -0.2) is 25.2 Å². The van der Waals surface area contributed by atoms with E-state index >= 15 is 0 Å². The fourth-order valence-corrected chi connectivity index (χ4v) is 3.60. The first-order valence-electron chi connectivity index (χ1n) is 9.75. The number of quaternary nitrogens is 1. The van der Waals surface area contributed by atoms with Crippen molar-refractivity contribution in [2.24, 2.45) is 5.92 Å². The summed E-state index contributed by atoms with van der Waals surface area (Å²) in [5, 5.41) is 8.82. The van der Waals surface area contributed by atoms with Crippen molar-refractivity contribution in [3.05, 3.63) is 81.6 Å². The number of carbonyl (C=O) groups excluding carboxylic acids is 2. The summed E-state index contributed by atoms with van der Waals surface area (Å²) in [5.41, 5.74) is 2.44. The van der Waals surface area contributed by atoms with Crippen LogP contribution in [0.4, 0.5) is 4.79 Å². The second-order valence-corrected chi connectivity index (χ2v) is 7.75. The molecule has 0 aliphatic carbocycles. The number of nitrogens with one attached hydrogen (secondary N) is 2. The van der Waals surface area contributed by atoms with Crippen LogP contribution in [0.2, 0.25) is 10.0 Å². The van der Waals surface area contributed by atoms with Crippen LogP contribution in [0, 0.1) is 5.92 Å². The van der Waals surface area contributed by atoms with E-state index in [1.54, 1.807) is 37.4 Å². The van der Waals surface area contributed by atoms with Gasteiger partial charge in [0.05, 0.1) is 24.9 Å². The topological polar surface area (TPSA) is 84.0 Å². The number of hydrogen-bond donors (Lipinski definition) is 3. The van der Waals surface area contributed by atoms with Crippen LogP contribution in [0.15, 0.2) is 60.4 Å². The van der Waals surface area contributed by atoms with Crippen molar-refractivity contribution in [3.8, 4) is 0 Å². The summed E-state index contributed by atoms with van der Waals surface area (Å²) < 4.78 is 5.29. The molecule has 3 rings (SSSR count). The predicted octanol–water partition coefficient (Wildman–Crippen LogP) is 3.17. The van der Waals surface area contributed by atoms with Crippen molar-refractivity contribution in [2.45, 2.75) is 19.4 Å². The van der Waals surface area contributed by atoms with Crippen LogP contribution in [0.1, 0.15) is 24.1 Å². The van der Waals surface area contributed by atoms with E-state index in [-0.39, 0.29) is 12.6 Å². The zero-order chi connectivity index (χ0) is 21.5. The summed E-state index contributed by atoms with van der Waals surface area (Å²) in [6.07, 6.45) is 2.61. The molecule has 2 aromatic rings. The maximum absolute atomic E-state index is 12.7. The van der Waals surface area contributed by atoms with Crippen molar-refractivity contribution in [3.63, 3.8) is 0 Å². The lowest BCUT2D eigenvalue weighted by molar-refractivity contribution is -0.588. The number of rotatable bonds is 7. The molecule has 1 fully saturated rings. The van der Waals surface area contributed by atoms with Gasteiger partial charge in [0.2, 0.25) is 0 Å². The summed E-state index contributed by atoms with van der Waals surface area (Å²) in [7, 11) is 0. The Morgan fingerprint density at radius 3 is 2.37 bits per heavy atom. The molecule has 158 valence electrons. The van der Waals surface area contributed by atoms with E-state index in [1.165, 1.54) is 0 Å². The van der Waals surface area contributed by atoms with Gasteiger partial charge in [-0.25, -0.2) is 4.79 Å². The predicted molar refractivity (Wildman–Crippen MR) is 116 cm³/mol. The van der Waals surface area contributed by atoms with Gasteiger partial charge in [-0.05, 0) is 42.3 Å². The van der Waals surface area contributed by atoms with E-state index in [9.17, 15) is 9.59 Å². The molecule has 1 saturated heterocycles. The second kappa shape index (κ2) is 10.5. The van der Waals surface area contributed by atoms with Crippen LogP contribution in [0.25, 0.3) is 0 Å². The van der Waals surface area contributed by atoms with Crippen molar-refractivity contribution in [2.75, 3.05) is 13.2 Å². The number of hydrogen-bond acceptors (Lipinski definition) is 3. The average Bonchev–Trinajstić information content (AvgIpc) is 2.72. The maximum atomic E-state index is 12.7. The second-order valence-electron chi connectivity index (χ2n) is 6.88. The average molecular weight is 449 g/mol. The van der Waals surface area contributed by atoms with Crippen LogP contribution < -0.4 is 16.0 Å². The van der Waals surface area contributed by atoms with E-state index in [2.05, 4.69) is 10.6 Å². The number of amides is 2. The molecule has 0 spiro atoms. The van der Waals surface area contributed by atoms with Crippen LogP contribution in [-0.2, 0) is 16.0 Å². The molecule has 1 aliphatic heterocycles. The van der Waals surface area contributed by atoms with Crippen molar-refractivity contribution < 1.29 is 19.6 Å². The number of halogens is 2. The van der Waals surface area contributed by atoms with E-state index in [0.29, 0.717) is 15.7 Å². The lowest BCUT2D eigenvalue weighted by atomic mass is 9.88. The molecule has 0 radical (unpaired) electrons. The minimum atomic E-state index is -0.685. The first-order valence-corrected chi connectivity index (χ1v) is 10.5. The molecule has 1 heterocycles. The summed E-state index contributed by atoms with van der Waals surface area (Å²) in [6.45, 7) is 2.76. The molecule has 1 aliphatic rings. The molecule has 2 aromatic carbocycles. The van der Waals surface area contributed by atoms with Gasteiger partial charge < -0.3 is 20.7 Å². The third-order valence-electron chi connectivity index (χ3n) is 4.79. The zero-order valence-corrected chi connectivity index (χ0v) is 18.0. The maximum Gasteiger partial charge on any atom is 0.319 e. The van der Waals surface area contributed by atoms with Crippen molar-refractivity contribution >= 4 is 35.2 Å². The van der Waals surface area contributed by atoms with Gasteiger partial charge in [0, 0.05) is 16.5 Å². The zero-order valence-electron chi connectivity index (χ0n) is 16.5. The molecular formula is C22H24Cl2N3O3+. The van der Waals surface area contributed by atoms with Gasteiger partial charge in [0.1, 0.15) is 12.1 Å². The Labute approximate surface area is 185 Å². The Hall–Kier alpha value is -2.54. The number of nitrogens with two attached hydrogens (primary N) is 1. The smallest absolute Gasteiger partial charge is 0.319 e. The summed E-state index contributed by atoms with van der Waals surface area (Å²) in [4.78, 5) is 25.0. The van der Waals surface area contributed by atoms with Crippen LogP contribution in [0.5, 0.6) is 0 Å². The largest absolute Gasteiger partial charge is 0.465 e. The molecule has 4 N–H and O–H groups in total. The quantitative estimate of drug-likeness (QED) is 0.449. The Morgan fingerprint density at radius 1 is 1.10 bits per heavy atom. The van der Waals surface area contributed by atoms with Gasteiger partial charge in [0.25, 0.3) is 0 Å². The van der Waals surface area contributed by atoms with Gasteiger partial charge in [-0.1, -0.05) is 47.5 Å². The molecule has 30 heavy (non-hydrogen) atoms. The van der Waals surface area contributed by atoms with Gasteiger partial charge in [-0.15, -0.1) is 0 Å². The van der Waals surface area contributed by atoms with Crippen LogP contribution in [0.3, 0.4) is 0 Å². The molecule has 8 heteroatoms. The number of esters is 1. The Kier molecular flexibility index (Phi) is 7.74. The Bertz CT molecular complexity index is 914. The van der Waals surface area contributed by atoms with Crippen molar-refractivity contribution in [1.82, 2.24) is 10.6 Å². The minimum absolute atomic E-state index is 0.254.